The average Bonchev–Trinajstić information content (AvgIpc) is 2.66. The molecular formula is C14H15N3O4. The number of nitrogens with zero attached hydrogens (tertiary/aromatic N) is 1. The van der Waals surface area contributed by atoms with Crippen molar-refractivity contribution in [3.8, 4) is 0 Å². The second-order valence-electron chi connectivity index (χ2n) is 4.78. The molecule has 1 aromatic carbocycles. The molecule has 0 aliphatic carbocycles. The van der Waals surface area contributed by atoms with Crippen molar-refractivity contribution < 1.29 is 19.2 Å². The highest BCUT2D eigenvalue weighted by atomic mass is 16.2. The molecule has 1 atom stereocenters. The molecule has 1 fully saturated rings. The molecule has 7 heteroatoms. The summed E-state index contributed by atoms with van der Waals surface area (Å²) < 4.78 is 0. The summed E-state index contributed by atoms with van der Waals surface area (Å²) in [6.07, 6.45) is -0.0454. The van der Waals surface area contributed by atoms with Gasteiger partial charge < -0.3 is 10.6 Å². The van der Waals surface area contributed by atoms with Crippen LogP contribution < -0.4 is 10.6 Å². The Kier molecular flexibility index (Phi) is 4.02. The van der Waals surface area contributed by atoms with Crippen molar-refractivity contribution in [1.29, 1.82) is 0 Å². The van der Waals surface area contributed by atoms with Crippen molar-refractivity contribution >= 4 is 29.3 Å². The number of hydrogen-bond acceptors (Lipinski definition) is 4. The van der Waals surface area contributed by atoms with E-state index in [0.717, 1.165) is 4.90 Å². The van der Waals surface area contributed by atoms with E-state index in [1.54, 1.807) is 18.2 Å². The summed E-state index contributed by atoms with van der Waals surface area (Å²) in [6, 6.07) is 5.00. The maximum atomic E-state index is 11.8. The van der Waals surface area contributed by atoms with Crippen LogP contribution in [0.2, 0.25) is 0 Å². The molecule has 4 amide bonds. The van der Waals surface area contributed by atoms with Crippen molar-refractivity contribution in [2.24, 2.45) is 0 Å². The number of hydrogen-bond donors (Lipinski definition) is 2. The topological polar surface area (TPSA) is 95.6 Å². The lowest BCUT2D eigenvalue weighted by molar-refractivity contribution is -0.137. The van der Waals surface area contributed by atoms with E-state index in [4.69, 9.17) is 0 Å². The van der Waals surface area contributed by atoms with Crippen LogP contribution in [0.5, 0.6) is 0 Å². The van der Waals surface area contributed by atoms with Gasteiger partial charge in [0.2, 0.25) is 5.91 Å². The Balaban J connectivity index is 1.99. The number of likely N-dealkylation sites (N-methyl/N-ethyl adjacent to an activating group) is 1. The Bertz CT molecular complexity index is 626. The maximum absolute atomic E-state index is 11.8. The lowest BCUT2D eigenvalue weighted by Gasteiger charge is -2.12. The van der Waals surface area contributed by atoms with E-state index < -0.39 is 18.0 Å². The lowest BCUT2D eigenvalue weighted by Crippen LogP contribution is -2.42. The largest absolute Gasteiger partial charge is 0.326 e. The van der Waals surface area contributed by atoms with E-state index in [0.29, 0.717) is 11.3 Å². The summed E-state index contributed by atoms with van der Waals surface area (Å²) >= 11 is 0. The monoisotopic (exact) mass is 289 g/mol. The van der Waals surface area contributed by atoms with Crippen LogP contribution in [0.1, 0.15) is 23.7 Å². The van der Waals surface area contributed by atoms with Gasteiger partial charge in [0.25, 0.3) is 5.91 Å². The minimum absolute atomic E-state index is 0.0454. The van der Waals surface area contributed by atoms with Gasteiger partial charge in [0, 0.05) is 18.3 Å². The third-order valence-electron chi connectivity index (χ3n) is 3.21. The molecule has 2 N–H and O–H groups in total. The van der Waals surface area contributed by atoms with Crippen molar-refractivity contribution in [1.82, 2.24) is 10.2 Å². The second-order valence-corrected chi connectivity index (χ2v) is 4.78. The van der Waals surface area contributed by atoms with Gasteiger partial charge in [-0.2, -0.15) is 0 Å². The highest BCUT2D eigenvalue weighted by molar-refractivity contribution is 6.07. The van der Waals surface area contributed by atoms with Crippen LogP contribution in [0, 0.1) is 0 Å². The van der Waals surface area contributed by atoms with Gasteiger partial charge in [0.05, 0.1) is 6.42 Å². The van der Waals surface area contributed by atoms with Crippen LogP contribution in [-0.2, 0) is 9.59 Å². The van der Waals surface area contributed by atoms with Crippen LogP contribution in [0.25, 0.3) is 0 Å². The van der Waals surface area contributed by atoms with Gasteiger partial charge in [-0.15, -0.1) is 0 Å². The molecule has 1 saturated heterocycles. The van der Waals surface area contributed by atoms with E-state index in [-0.39, 0.29) is 18.1 Å². The number of anilines is 1. The Morgan fingerprint density at radius 2 is 2.00 bits per heavy atom. The number of urea groups is 1. The first-order valence-corrected chi connectivity index (χ1v) is 6.37. The summed E-state index contributed by atoms with van der Waals surface area (Å²) in [6.45, 7) is 1.43. The van der Waals surface area contributed by atoms with Crippen LogP contribution in [0.15, 0.2) is 24.3 Å². The predicted octanol–water partition coefficient (Wildman–Crippen LogP) is 0.768. The molecule has 1 aliphatic rings. The van der Waals surface area contributed by atoms with Gasteiger partial charge in [-0.1, -0.05) is 12.1 Å². The summed E-state index contributed by atoms with van der Waals surface area (Å²) in [7, 11) is 1.38. The minimum Gasteiger partial charge on any atom is -0.326 e. The molecule has 7 nitrogen and oxygen atoms in total. The highest BCUT2D eigenvalue weighted by Gasteiger charge is 2.36. The van der Waals surface area contributed by atoms with E-state index in [1.165, 1.54) is 20.0 Å². The molecule has 21 heavy (non-hydrogen) atoms. The first kappa shape index (κ1) is 14.7. The number of likely N-dealkylation sites (tertiary alicyclic amines) is 1. The van der Waals surface area contributed by atoms with Gasteiger partial charge in [0.15, 0.2) is 5.78 Å². The Hall–Kier alpha value is -2.70. The lowest BCUT2D eigenvalue weighted by atomic mass is 10.1. The SMILES string of the molecule is CC(=O)c1cccc(NC(=O)NC2CC(=O)N(C)C2=O)c1. The number of carbonyl (C=O) groups excluding carboxylic acids is 4. The molecule has 1 heterocycles. The molecule has 2 rings (SSSR count). The number of carbonyl (C=O) groups is 4. The molecular weight excluding hydrogens is 274 g/mol. The smallest absolute Gasteiger partial charge is 0.319 e. The van der Waals surface area contributed by atoms with Crippen LogP contribution in [0.3, 0.4) is 0 Å². The van der Waals surface area contributed by atoms with Crippen molar-refractivity contribution in [3.05, 3.63) is 29.8 Å². The van der Waals surface area contributed by atoms with Gasteiger partial charge in [-0.3, -0.25) is 19.3 Å². The summed E-state index contributed by atoms with van der Waals surface area (Å²) in [5.41, 5.74) is 0.907. The van der Waals surface area contributed by atoms with Gasteiger partial charge in [0.1, 0.15) is 6.04 Å². The predicted molar refractivity (Wildman–Crippen MR) is 74.8 cm³/mol. The molecule has 0 radical (unpaired) electrons. The fraction of sp³-hybridized carbons (Fsp3) is 0.286. The third kappa shape index (κ3) is 3.25. The fourth-order valence-electron chi connectivity index (χ4n) is 2.01. The Morgan fingerprint density at radius 3 is 2.57 bits per heavy atom. The standard InChI is InChI=1S/C14H15N3O4/c1-8(18)9-4-3-5-10(6-9)15-14(21)16-11-7-12(19)17(2)13(11)20/h3-6,11H,7H2,1-2H3,(H2,15,16,21). The average molecular weight is 289 g/mol. The first-order valence-electron chi connectivity index (χ1n) is 6.37. The number of ketones is 1. The molecule has 0 spiro atoms. The summed E-state index contributed by atoms with van der Waals surface area (Å²) in [5, 5.41) is 4.97. The highest BCUT2D eigenvalue weighted by Crippen LogP contribution is 2.13. The van der Waals surface area contributed by atoms with Crippen molar-refractivity contribution in [2.75, 3.05) is 12.4 Å². The maximum Gasteiger partial charge on any atom is 0.319 e. The van der Waals surface area contributed by atoms with Crippen LogP contribution in [-0.4, -0.2) is 41.6 Å². The summed E-state index contributed by atoms with van der Waals surface area (Å²) in [4.78, 5) is 47.1. The first-order chi connectivity index (χ1) is 9.88. The Morgan fingerprint density at radius 1 is 1.29 bits per heavy atom. The molecule has 0 saturated carbocycles. The normalized spacial score (nSPS) is 17.8. The second kappa shape index (κ2) is 5.74. The molecule has 0 aromatic heterocycles. The molecule has 1 aromatic rings. The number of amides is 4. The zero-order chi connectivity index (χ0) is 15.6. The number of imide groups is 1. The number of benzene rings is 1. The fourth-order valence-corrected chi connectivity index (χ4v) is 2.01. The molecule has 110 valence electrons. The molecule has 1 aliphatic heterocycles. The van der Waals surface area contributed by atoms with Crippen LogP contribution >= 0.6 is 0 Å². The number of Topliss-reactive ketones (excluding diaryl/α,β-unsaturated/α-hetero) is 1. The van der Waals surface area contributed by atoms with Crippen LogP contribution in [0.4, 0.5) is 10.5 Å². The molecule has 0 bridgehead atoms. The van der Waals surface area contributed by atoms with E-state index >= 15 is 0 Å². The summed E-state index contributed by atoms with van der Waals surface area (Å²) in [5.74, 6) is -0.881. The third-order valence-corrected chi connectivity index (χ3v) is 3.21. The number of rotatable bonds is 3. The quantitative estimate of drug-likeness (QED) is 0.634. The van der Waals surface area contributed by atoms with Crippen molar-refractivity contribution in [2.45, 2.75) is 19.4 Å². The van der Waals surface area contributed by atoms with E-state index in [9.17, 15) is 19.2 Å². The van der Waals surface area contributed by atoms with E-state index in [2.05, 4.69) is 10.6 Å². The zero-order valence-corrected chi connectivity index (χ0v) is 11.7. The van der Waals surface area contributed by atoms with Crippen molar-refractivity contribution in [3.63, 3.8) is 0 Å². The number of nitrogens with one attached hydrogen (secondary N) is 2. The van der Waals surface area contributed by atoms with Gasteiger partial charge in [-0.05, 0) is 19.1 Å². The molecule has 1 unspecified atom stereocenters. The van der Waals surface area contributed by atoms with E-state index in [1.807, 2.05) is 0 Å². The van der Waals surface area contributed by atoms with Gasteiger partial charge >= 0.3 is 6.03 Å². The van der Waals surface area contributed by atoms with Gasteiger partial charge in [-0.25, -0.2) is 4.79 Å². The Labute approximate surface area is 121 Å². The zero-order valence-electron chi connectivity index (χ0n) is 11.7. The minimum atomic E-state index is -0.849.